The van der Waals surface area contributed by atoms with E-state index in [0.29, 0.717) is 36.8 Å². The van der Waals surface area contributed by atoms with Gasteiger partial charge in [-0.05, 0) is 13.8 Å². The van der Waals surface area contributed by atoms with Gasteiger partial charge in [-0.2, -0.15) is 5.10 Å². The van der Waals surface area contributed by atoms with Crippen LogP contribution < -0.4 is 5.73 Å². The number of hydrogen-bond acceptors (Lipinski definition) is 5. The summed E-state index contributed by atoms with van der Waals surface area (Å²) < 4.78 is 6.55. The Morgan fingerprint density at radius 1 is 1.53 bits per heavy atom. The molecule has 108 valence electrons. The maximum atomic E-state index is 12.5. The Balaban J connectivity index is 3.01. The molecule has 0 fully saturated rings. The molecule has 1 amide bonds. The highest BCUT2D eigenvalue weighted by Crippen LogP contribution is 2.18. The lowest BCUT2D eigenvalue weighted by Crippen LogP contribution is -2.37. The highest BCUT2D eigenvalue weighted by atomic mass is 16.5. The van der Waals surface area contributed by atoms with Crippen molar-refractivity contribution in [3.8, 4) is 0 Å². The van der Waals surface area contributed by atoms with Gasteiger partial charge in [0, 0.05) is 26.7 Å². The quantitative estimate of drug-likeness (QED) is 0.720. The van der Waals surface area contributed by atoms with Crippen LogP contribution in [0, 0.1) is 6.92 Å². The van der Waals surface area contributed by atoms with Crippen LogP contribution in [0.2, 0.25) is 0 Å². The number of aromatic nitrogens is 2. The van der Waals surface area contributed by atoms with Gasteiger partial charge < -0.3 is 20.5 Å². The molecular formula is C12H22N4O3. The molecule has 1 aromatic rings. The fourth-order valence-corrected chi connectivity index (χ4v) is 1.84. The Labute approximate surface area is 112 Å². The summed E-state index contributed by atoms with van der Waals surface area (Å²) in [5.41, 5.74) is 7.33. The smallest absolute Gasteiger partial charge is 0.274 e. The van der Waals surface area contributed by atoms with Gasteiger partial charge in [0.05, 0.1) is 24.6 Å². The molecule has 0 saturated heterocycles. The number of aryl methyl sites for hydroxylation is 2. The molecule has 0 unspecified atom stereocenters. The maximum Gasteiger partial charge on any atom is 0.274 e. The summed E-state index contributed by atoms with van der Waals surface area (Å²) in [4.78, 5) is 14.0. The predicted molar refractivity (Wildman–Crippen MR) is 71.9 cm³/mol. The van der Waals surface area contributed by atoms with E-state index in [2.05, 4.69) is 5.10 Å². The maximum absolute atomic E-state index is 12.5. The fourth-order valence-electron chi connectivity index (χ4n) is 1.84. The summed E-state index contributed by atoms with van der Waals surface area (Å²) in [6.07, 6.45) is 0. The molecule has 3 N–H and O–H groups in total. The third kappa shape index (κ3) is 3.45. The van der Waals surface area contributed by atoms with Crippen LogP contribution in [0.3, 0.4) is 0 Å². The fraction of sp³-hybridized carbons (Fsp3) is 0.667. The number of hydrogen-bond donors (Lipinski definition) is 2. The summed E-state index contributed by atoms with van der Waals surface area (Å²) in [7, 11) is 1.57. The topological polar surface area (TPSA) is 93.6 Å². The molecule has 1 rings (SSSR count). The zero-order valence-corrected chi connectivity index (χ0v) is 11.7. The Morgan fingerprint density at radius 2 is 2.21 bits per heavy atom. The van der Waals surface area contributed by atoms with Gasteiger partial charge in [-0.25, -0.2) is 0 Å². The van der Waals surface area contributed by atoms with Gasteiger partial charge >= 0.3 is 0 Å². The van der Waals surface area contributed by atoms with Gasteiger partial charge in [-0.15, -0.1) is 0 Å². The molecule has 0 saturated carbocycles. The summed E-state index contributed by atoms with van der Waals surface area (Å²) in [5, 5.41) is 13.3. The standard InChI is InChI=1S/C12H22N4O3/c1-4-16-11(10(13)9(2)14-16)12(18)15(5-7-17)6-8-19-3/h17H,4-8,13H2,1-3H3. The molecule has 0 radical (unpaired) electrons. The highest BCUT2D eigenvalue weighted by Gasteiger charge is 2.23. The zero-order valence-electron chi connectivity index (χ0n) is 11.7. The first-order valence-electron chi connectivity index (χ1n) is 6.28. The van der Waals surface area contributed by atoms with E-state index in [4.69, 9.17) is 15.6 Å². The number of nitrogens with zero attached hydrogens (tertiary/aromatic N) is 3. The number of aliphatic hydroxyl groups is 1. The summed E-state index contributed by atoms with van der Waals surface area (Å²) in [5.74, 6) is -0.231. The molecule has 1 heterocycles. The minimum absolute atomic E-state index is 0.103. The van der Waals surface area contributed by atoms with Crippen molar-refractivity contribution in [2.75, 3.05) is 39.1 Å². The minimum atomic E-state index is -0.231. The van der Waals surface area contributed by atoms with Crippen LogP contribution in [0.25, 0.3) is 0 Å². The molecule has 7 heteroatoms. The van der Waals surface area contributed by atoms with Crippen molar-refractivity contribution in [1.82, 2.24) is 14.7 Å². The van der Waals surface area contributed by atoms with Crippen molar-refractivity contribution in [3.63, 3.8) is 0 Å². The van der Waals surface area contributed by atoms with E-state index >= 15 is 0 Å². The van der Waals surface area contributed by atoms with Crippen LogP contribution in [0.4, 0.5) is 5.69 Å². The number of amides is 1. The third-order valence-electron chi connectivity index (χ3n) is 2.90. The minimum Gasteiger partial charge on any atom is -0.395 e. The number of nitrogens with two attached hydrogens (primary N) is 1. The molecule has 0 aliphatic carbocycles. The predicted octanol–water partition coefficient (Wildman–Crippen LogP) is -0.125. The van der Waals surface area contributed by atoms with E-state index in [0.717, 1.165) is 0 Å². The number of carbonyl (C=O) groups is 1. The number of ether oxygens (including phenoxy) is 1. The Hall–Kier alpha value is -1.60. The second-order valence-electron chi connectivity index (χ2n) is 4.17. The normalized spacial score (nSPS) is 10.7. The lowest BCUT2D eigenvalue weighted by atomic mass is 10.2. The number of rotatable bonds is 7. The van der Waals surface area contributed by atoms with Gasteiger partial charge in [0.15, 0.2) is 0 Å². The van der Waals surface area contributed by atoms with E-state index in [-0.39, 0.29) is 19.1 Å². The monoisotopic (exact) mass is 270 g/mol. The summed E-state index contributed by atoms with van der Waals surface area (Å²) in [6, 6.07) is 0. The second-order valence-corrected chi connectivity index (χ2v) is 4.17. The lowest BCUT2D eigenvalue weighted by Gasteiger charge is -2.21. The lowest BCUT2D eigenvalue weighted by molar-refractivity contribution is 0.0645. The van der Waals surface area contributed by atoms with Crippen molar-refractivity contribution in [1.29, 1.82) is 0 Å². The van der Waals surface area contributed by atoms with Gasteiger partial charge in [0.2, 0.25) is 0 Å². The number of carbonyl (C=O) groups excluding carboxylic acids is 1. The molecule has 0 spiro atoms. The molecule has 0 atom stereocenters. The van der Waals surface area contributed by atoms with Crippen molar-refractivity contribution in [3.05, 3.63) is 11.4 Å². The van der Waals surface area contributed by atoms with Gasteiger partial charge in [-0.3, -0.25) is 9.48 Å². The summed E-state index contributed by atoms with van der Waals surface area (Å²) in [6.45, 7) is 5.19. The first kappa shape index (κ1) is 15.5. The first-order valence-corrected chi connectivity index (χ1v) is 6.28. The molecule has 0 bridgehead atoms. The molecule has 0 aromatic carbocycles. The Kier molecular flexibility index (Phi) is 5.78. The number of methoxy groups -OCH3 is 1. The summed E-state index contributed by atoms with van der Waals surface area (Å²) >= 11 is 0. The van der Waals surface area contributed by atoms with Gasteiger partial charge in [0.25, 0.3) is 5.91 Å². The third-order valence-corrected chi connectivity index (χ3v) is 2.90. The Bertz CT molecular complexity index is 431. The van der Waals surface area contributed by atoms with Crippen molar-refractivity contribution in [2.45, 2.75) is 20.4 Å². The molecular weight excluding hydrogens is 248 g/mol. The Morgan fingerprint density at radius 3 is 2.74 bits per heavy atom. The second kappa shape index (κ2) is 7.10. The number of nitrogen functional groups attached to an aromatic ring is 1. The SMILES string of the molecule is CCn1nc(C)c(N)c1C(=O)N(CCO)CCOC. The average Bonchev–Trinajstić information content (AvgIpc) is 2.69. The number of anilines is 1. The van der Waals surface area contributed by atoms with Crippen LogP contribution in [0.5, 0.6) is 0 Å². The van der Waals surface area contributed by atoms with Crippen LogP contribution in [-0.4, -0.2) is 59.1 Å². The van der Waals surface area contributed by atoms with E-state index in [9.17, 15) is 4.79 Å². The van der Waals surface area contributed by atoms with E-state index < -0.39 is 0 Å². The number of aliphatic hydroxyl groups excluding tert-OH is 1. The van der Waals surface area contributed by atoms with Crippen molar-refractivity contribution >= 4 is 11.6 Å². The van der Waals surface area contributed by atoms with E-state index in [1.54, 1.807) is 18.7 Å². The highest BCUT2D eigenvalue weighted by molar-refractivity contribution is 5.98. The molecule has 0 aliphatic heterocycles. The van der Waals surface area contributed by atoms with Crippen molar-refractivity contribution < 1.29 is 14.6 Å². The molecule has 0 aliphatic rings. The van der Waals surface area contributed by atoms with Gasteiger partial charge in [-0.1, -0.05) is 0 Å². The first-order chi connectivity index (χ1) is 9.06. The van der Waals surface area contributed by atoms with E-state index in [1.807, 2.05) is 6.92 Å². The van der Waals surface area contributed by atoms with E-state index in [1.165, 1.54) is 4.90 Å². The van der Waals surface area contributed by atoms with Crippen LogP contribution in [0.1, 0.15) is 23.1 Å². The van der Waals surface area contributed by atoms with Crippen LogP contribution in [0.15, 0.2) is 0 Å². The van der Waals surface area contributed by atoms with Crippen molar-refractivity contribution in [2.24, 2.45) is 0 Å². The average molecular weight is 270 g/mol. The zero-order chi connectivity index (χ0) is 14.4. The molecule has 19 heavy (non-hydrogen) atoms. The largest absolute Gasteiger partial charge is 0.395 e. The molecule has 1 aromatic heterocycles. The van der Waals surface area contributed by atoms with Crippen LogP contribution in [-0.2, 0) is 11.3 Å². The molecule has 7 nitrogen and oxygen atoms in total. The van der Waals surface area contributed by atoms with Crippen LogP contribution >= 0.6 is 0 Å². The van der Waals surface area contributed by atoms with Gasteiger partial charge in [0.1, 0.15) is 5.69 Å².